The van der Waals surface area contributed by atoms with E-state index in [-0.39, 0.29) is 16.3 Å². The first-order valence-electron chi connectivity index (χ1n) is 6.25. The number of hydrogen-bond donors (Lipinski definition) is 1. The van der Waals surface area contributed by atoms with Gasteiger partial charge in [-0.25, -0.2) is 9.37 Å². The van der Waals surface area contributed by atoms with Crippen LogP contribution in [0.4, 0.5) is 9.52 Å². The molecular formula is C15H6Cl2FN3OS. The van der Waals surface area contributed by atoms with Crippen LogP contribution in [0, 0.1) is 17.1 Å². The summed E-state index contributed by atoms with van der Waals surface area (Å²) in [6.07, 6.45) is 0. The Morgan fingerprint density at radius 2 is 2.09 bits per heavy atom. The molecule has 0 radical (unpaired) electrons. The molecule has 1 aromatic heterocycles. The molecule has 23 heavy (non-hydrogen) atoms. The van der Waals surface area contributed by atoms with Crippen LogP contribution in [-0.2, 0) is 0 Å². The molecule has 1 heterocycles. The fourth-order valence-corrected chi connectivity index (χ4v) is 3.21. The minimum atomic E-state index is -0.774. The van der Waals surface area contributed by atoms with E-state index in [0.717, 1.165) is 10.8 Å². The van der Waals surface area contributed by atoms with Crippen molar-refractivity contribution in [3.05, 3.63) is 57.3 Å². The topological polar surface area (TPSA) is 65.8 Å². The maximum absolute atomic E-state index is 13.8. The third-order valence-corrected chi connectivity index (χ3v) is 4.75. The van der Waals surface area contributed by atoms with Gasteiger partial charge in [0.05, 0.1) is 31.9 Å². The molecule has 0 saturated heterocycles. The second-order valence-electron chi connectivity index (χ2n) is 4.49. The van der Waals surface area contributed by atoms with Crippen LogP contribution in [0.15, 0.2) is 30.3 Å². The van der Waals surface area contributed by atoms with Crippen LogP contribution in [0.25, 0.3) is 10.2 Å². The number of rotatable bonds is 2. The van der Waals surface area contributed by atoms with E-state index in [0.29, 0.717) is 15.6 Å². The van der Waals surface area contributed by atoms with Gasteiger partial charge in [0.15, 0.2) is 5.13 Å². The van der Waals surface area contributed by atoms with Gasteiger partial charge in [-0.2, -0.15) is 5.26 Å². The molecule has 8 heteroatoms. The fourth-order valence-electron chi connectivity index (χ4n) is 1.92. The quantitative estimate of drug-likeness (QED) is 0.704. The van der Waals surface area contributed by atoms with Gasteiger partial charge in [-0.05, 0) is 30.3 Å². The highest BCUT2D eigenvalue weighted by Crippen LogP contribution is 2.35. The van der Waals surface area contributed by atoms with E-state index in [9.17, 15) is 9.18 Å². The molecule has 1 N–H and O–H groups in total. The van der Waals surface area contributed by atoms with Crippen molar-refractivity contribution in [1.82, 2.24) is 4.98 Å². The molecule has 0 aliphatic heterocycles. The molecule has 0 atom stereocenters. The number of carbonyl (C=O) groups excluding carboxylic acids is 1. The normalized spacial score (nSPS) is 10.5. The van der Waals surface area contributed by atoms with E-state index in [1.165, 1.54) is 23.5 Å². The summed E-state index contributed by atoms with van der Waals surface area (Å²) < 4.78 is 14.6. The zero-order chi connectivity index (χ0) is 16.6. The second kappa shape index (κ2) is 6.13. The molecule has 3 rings (SSSR count). The van der Waals surface area contributed by atoms with Crippen LogP contribution in [-0.4, -0.2) is 10.9 Å². The molecular weight excluding hydrogens is 360 g/mol. The summed E-state index contributed by atoms with van der Waals surface area (Å²) in [7, 11) is 0. The number of anilines is 1. The molecule has 3 aromatic rings. The second-order valence-corrected chi connectivity index (χ2v) is 6.30. The van der Waals surface area contributed by atoms with E-state index >= 15 is 0 Å². The lowest BCUT2D eigenvalue weighted by molar-refractivity contribution is 0.102. The van der Waals surface area contributed by atoms with E-state index in [1.54, 1.807) is 18.2 Å². The highest BCUT2D eigenvalue weighted by molar-refractivity contribution is 7.22. The average molecular weight is 366 g/mol. The van der Waals surface area contributed by atoms with Crippen LogP contribution >= 0.6 is 34.5 Å². The van der Waals surface area contributed by atoms with Crippen LogP contribution in [0.5, 0.6) is 0 Å². The Kier molecular flexibility index (Phi) is 4.18. The maximum Gasteiger partial charge on any atom is 0.260 e. The summed E-state index contributed by atoms with van der Waals surface area (Å²) >= 11 is 13.2. The molecule has 4 nitrogen and oxygen atoms in total. The van der Waals surface area contributed by atoms with Gasteiger partial charge in [0, 0.05) is 0 Å². The van der Waals surface area contributed by atoms with Crippen molar-refractivity contribution in [3.63, 3.8) is 0 Å². The highest BCUT2D eigenvalue weighted by Gasteiger charge is 2.16. The number of hydrogen-bond acceptors (Lipinski definition) is 4. The lowest BCUT2D eigenvalue weighted by Crippen LogP contribution is -2.13. The van der Waals surface area contributed by atoms with Crippen molar-refractivity contribution in [2.45, 2.75) is 0 Å². The van der Waals surface area contributed by atoms with E-state index in [1.807, 2.05) is 0 Å². The Balaban J connectivity index is 1.91. The first-order chi connectivity index (χ1) is 11.0. The van der Waals surface area contributed by atoms with Crippen LogP contribution < -0.4 is 5.32 Å². The molecule has 0 bridgehead atoms. The summed E-state index contributed by atoms with van der Waals surface area (Å²) in [5, 5.41) is 12.2. The van der Waals surface area contributed by atoms with Crippen molar-refractivity contribution in [3.8, 4) is 6.07 Å². The molecule has 0 fully saturated rings. The standard InChI is InChI=1S/C15H6Cl2FN3OS/c16-9-3-4-11-13(12(9)17)20-15(23-11)21-14(22)8-2-1-7(6-19)5-10(8)18/h1-5H,(H,20,21,22). The number of amides is 1. The number of thiazole rings is 1. The van der Waals surface area contributed by atoms with Crippen LogP contribution in [0.2, 0.25) is 10.0 Å². The summed E-state index contributed by atoms with van der Waals surface area (Å²) in [5.74, 6) is -1.43. The number of halogens is 3. The third kappa shape index (κ3) is 2.99. The van der Waals surface area contributed by atoms with Gasteiger partial charge in [-0.15, -0.1) is 0 Å². The van der Waals surface area contributed by atoms with Crippen molar-refractivity contribution < 1.29 is 9.18 Å². The van der Waals surface area contributed by atoms with E-state index in [2.05, 4.69) is 10.3 Å². The Morgan fingerprint density at radius 1 is 1.30 bits per heavy atom. The molecule has 0 aliphatic rings. The monoisotopic (exact) mass is 365 g/mol. The summed E-state index contributed by atoms with van der Waals surface area (Å²) in [6, 6.07) is 8.80. The summed E-state index contributed by atoms with van der Waals surface area (Å²) in [5.41, 5.74) is 0.438. The Labute approximate surface area is 144 Å². The first-order valence-corrected chi connectivity index (χ1v) is 7.82. The van der Waals surface area contributed by atoms with Gasteiger partial charge in [0.25, 0.3) is 5.91 Å². The van der Waals surface area contributed by atoms with Crippen molar-refractivity contribution >= 4 is 55.8 Å². The van der Waals surface area contributed by atoms with Crippen molar-refractivity contribution in [1.29, 1.82) is 5.26 Å². The van der Waals surface area contributed by atoms with E-state index in [4.69, 9.17) is 28.5 Å². The predicted molar refractivity (Wildman–Crippen MR) is 88.7 cm³/mol. The maximum atomic E-state index is 13.8. The van der Waals surface area contributed by atoms with Crippen LogP contribution in [0.3, 0.4) is 0 Å². The SMILES string of the molecule is N#Cc1ccc(C(=O)Nc2nc3c(Cl)c(Cl)ccc3s2)c(F)c1. The third-order valence-electron chi connectivity index (χ3n) is 3.02. The number of nitriles is 1. The zero-order valence-corrected chi connectivity index (χ0v) is 13.6. The summed E-state index contributed by atoms with van der Waals surface area (Å²) in [4.78, 5) is 16.3. The zero-order valence-electron chi connectivity index (χ0n) is 11.2. The van der Waals surface area contributed by atoms with Gasteiger partial charge < -0.3 is 0 Å². The van der Waals surface area contributed by atoms with Gasteiger partial charge in [0.1, 0.15) is 11.3 Å². The smallest absolute Gasteiger partial charge is 0.260 e. The molecule has 0 unspecified atom stereocenters. The highest BCUT2D eigenvalue weighted by atomic mass is 35.5. The van der Waals surface area contributed by atoms with Gasteiger partial charge in [-0.3, -0.25) is 10.1 Å². The number of benzene rings is 2. The first kappa shape index (κ1) is 15.7. The molecule has 1 amide bonds. The molecule has 0 aliphatic carbocycles. The average Bonchev–Trinajstić information content (AvgIpc) is 2.94. The van der Waals surface area contributed by atoms with Crippen LogP contribution in [0.1, 0.15) is 15.9 Å². The number of nitrogens with zero attached hydrogens (tertiary/aromatic N) is 2. The Morgan fingerprint density at radius 3 is 2.78 bits per heavy atom. The molecule has 114 valence electrons. The fraction of sp³-hybridized carbons (Fsp3) is 0. The predicted octanol–water partition coefficient (Wildman–Crippen LogP) is 4.87. The largest absolute Gasteiger partial charge is 0.298 e. The van der Waals surface area contributed by atoms with E-state index < -0.39 is 11.7 Å². The Hall–Kier alpha value is -2.20. The van der Waals surface area contributed by atoms with Gasteiger partial charge >= 0.3 is 0 Å². The van der Waals surface area contributed by atoms with Gasteiger partial charge in [-0.1, -0.05) is 34.5 Å². The van der Waals surface area contributed by atoms with Crippen molar-refractivity contribution in [2.75, 3.05) is 5.32 Å². The molecule has 2 aromatic carbocycles. The minimum absolute atomic E-state index is 0.139. The van der Waals surface area contributed by atoms with Gasteiger partial charge in [0.2, 0.25) is 0 Å². The number of carbonyl (C=O) groups is 1. The number of nitrogens with one attached hydrogen (secondary N) is 1. The summed E-state index contributed by atoms with van der Waals surface area (Å²) in [6.45, 7) is 0. The lowest BCUT2D eigenvalue weighted by atomic mass is 10.1. The van der Waals surface area contributed by atoms with Crippen molar-refractivity contribution in [2.24, 2.45) is 0 Å². The molecule has 0 spiro atoms. The number of aromatic nitrogens is 1. The minimum Gasteiger partial charge on any atom is -0.298 e. The Bertz CT molecular complexity index is 981. The lowest BCUT2D eigenvalue weighted by Gasteiger charge is -2.03. The molecule has 0 saturated carbocycles. The number of fused-ring (bicyclic) bond motifs is 1.